The monoisotopic (exact) mass is 375 g/mol. The second kappa shape index (κ2) is 7.74. The molecule has 2 heterocycles. The molecule has 0 atom stereocenters. The van der Waals surface area contributed by atoms with Gasteiger partial charge in [-0.1, -0.05) is 37.7 Å². The average Bonchev–Trinajstić information content (AvgIpc) is 2.98. The molecule has 1 aromatic carbocycles. The summed E-state index contributed by atoms with van der Waals surface area (Å²) in [6, 6.07) is 7.68. The highest BCUT2D eigenvalue weighted by molar-refractivity contribution is 7.98. The van der Waals surface area contributed by atoms with Gasteiger partial charge in [0.1, 0.15) is 17.8 Å². The van der Waals surface area contributed by atoms with E-state index in [4.69, 9.17) is 4.42 Å². The van der Waals surface area contributed by atoms with E-state index in [0.29, 0.717) is 40.5 Å². The van der Waals surface area contributed by atoms with Crippen molar-refractivity contribution in [3.8, 4) is 17.1 Å². The zero-order chi connectivity index (χ0) is 18.7. The molecule has 6 nitrogen and oxygen atoms in total. The lowest BCUT2D eigenvalue weighted by Crippen LogP contribution is -2.08. The molecule has 2 aromatic heterocycles. The van der Waals surface area contributed by atoms with Crippen LogP contribution in [0.15, 0.2) is 51.0 Å². The van der Waals surface area contributed by atoms with Gasteiger partial charge in [0.15, 0.2) is 16.7 Å². The molecule has 0 aliphatic rings. The van der Waals surface area contributed by atoms with Crippen molar-refractivity contribution >= 4 is 11.8 Å². The molecule has 0 saturated heterocycles. The second-order valence-electron chi connectivity index (χ2n) is 6.17. The third-order valence-electron chi connectivity index (χ3n) is 3.59. The first-order valence-electron chi connectivity index (χ1n) is 8.07. The molecule has 0 fully saturated rings. The maximum absolute atomic E-state index is 14.2. The first-order valence-corrected chi connectivity index (χ1v) is 9.06. The smallest absolute Gasteiger partial charge is 0.226 e. The zero-order valence-electron chi connectivity index (χ0n) is 14.3. The molecule has 8 heteroatoms. The fraction of sp³-hybridized carbons (Fsp3) is 0.278. The highest BCUT2D eigenvalue weighted by atomic mass is 32.2. The van der Waals surface area contributed by atoms with E-state index in [0.717, 1.165) is 6.26 Å². The molecule has 0 spiro atoms. The molecule has 3 rings (SSSR count). The Bertz CT molecular complexity index is 968. The number of benzene rings is 1. The summed E-state index contributed by atoms with van der Waals surface area (Å²) in [7, 11) is 0. The minimum Gasteiger partial charge on any atom is -0.502 e. The van der Waals surface area contributed by atoms with E-state index < -0.39 is 11.2 Å². The summed E-state index contributed by atoms with van der Waals surface area (Å²) < 4.78 is 21.2. The molecule has 0 aliphatic carbocycles. The van der Waals surface area contributed by atoms with Gasteiger partial charge >= 0.3 is 0 Å². The van der Waals surface area contributed by atoms with Crippen LogP contribution in [0.4, 0.5) is 4.39 Å². The zero-order valence-corrected chi connectivity index (χ0v) is 15.2. The van der Waals surface area contributed by atoms with Gasteiger partial charge in [-0.15, -0.1) is 10.2 Å². The van der Waals surface area contributed by atoms with E-state index >= 15 is 0 Å². The Labute approximate surface area is 153 Å². The average molecular weight is 375 g/mol. The summed E-state index contributed by atoms with van der Waals surface area (Å²) in [4.78, 5) is 11.5. The van der Waals surface area contributed by atoms with Gasteiger partial charge in [-0.3, -0.25) is 4.79 Å². The molecule has 0 amide bonds. The second-order valence-corrected chi connectivity index (χ2v) is 7.12. The summed E-state index contributed by atoms with van der Waals surface area (Å²) in [6.45, 7) is 4.73. The van der Waals surface area contributed by atoms with Crippen LogP contribution in [0.2, 0.25) is 0 Å². The predicted molar refractivity (Wildman–Crippen MR) is 96.5 cm³/mol. The number of rotatable bonds is 6. The van der Waals surface area contributed by atoms with Gasteiger partial charge in [-0.05, 0) is 18.1 Å². The Morgan fingerprint density at radius 3 is 2.77 bits per heavy atom. The first-order chi connectivity index (χ1) is 12.5. The Balaban J connectivity index is 1.90. The van der Waals surface area contributed by atoms with Crippen molar-refractivity contribution in [2.24, 2.45) is 5.92 Å². The number of halogens is 1. The van der Waals surface area contributed by atoms with Crippen molar-refractivity contribution in [2.45, 2.75) is 31.3 Å². The highest BCUT2D eigenvalue weighted by Gasteiger charge is 2.18. The van der Waals surface area contributed by atoms with E-state index in [9.17, 15) is 14.3 Å². The highest BCUT2D eigenvalue weighted by Crippen LogP contribution is 2.28. The van der Waals surface area contributed by atoms with Gasteiger partial charge in [0.2, 0.25) is 5.43 Å². The van der Waals surface area contributed by atoms with Crippen LogP contribution in [0.1, 0.15) is 19.6 Å². The molecule has 0 radical (unpaired) electrons. The lowest BCUT2D eigenvalue weighted by Gasteiger charge is -2.12. The summed E-state index contributed by atoms with van der Waals surface area (Å²) in [5.74, 6) is 0.732. The Morgan fingerprint density at radius 1 is 1.31 bits per heavy atom. The van der Waals surface area contributed by atoms with Crippen molar-refractivity contribution < 1.29 is 13.9 Å². The predicted octanol–water partition coefficient (Wildman–Crippen LogP) is 3.69. The van der Waals surface area contributed by atoms with Crippen molar-refractivity contribution in [1.82, 2.24) is 14.8 Å². The molecule has 0 saturated carbocycles. The number of hydrogen-bond acceptors (Lipinski definition) is 6. The molecule has 0 unspecified atom stereocenters. The standard InChI is InChI=1S/C18H18FN3O3S/c1-11(2)8-22-17(13-5-3-4-6-14(13)19)20-21-18(22)26-10-12-7-15(23)16(24)9-25-12/h3-7,9,11,24H,8,10H2,1-2H3. The first kappa shape index (κ1) is 18.2. The SMILES string of the molecule is CC(C)Cn1c(SCc2cc(=O)c(O)co2)nnc1-c1ccccc1F. The van der Waals surface area contributed by atoms with Crippen LogP contribution in [0, 0.1) is 11.7 Å². The molecule has 26 heavy (non-hydrogen) atoms. The number of nitrogens with zero attached hydrogens (tertiary/aromatic N) is 3. The van der Waals surface area contributed by atoms with Gasteiger partial charge in [-0.25, -0.2) is 4.39 Å². The van der Waals surface area contributed by atoms with Gasteiger partial charge in [-0.2, -0.15) is 0 Å². The van der Waals surface area contributed by atoms with Crippen LogP contribution in [0.25, 0.3) is 11.4 Å². The van der Waals surface area contributed by atoms with Crippen molar-refractivity contribution in [1.29, 1.82) is 0 Å². The molecule has 0 aliphatic heterocycles. The fourth-order valence-electron chi connectivity index (χ4n) is 2.42. The lowest BCUT2D eigenvalue weighted by molar-refractivity contribution is 0.419. The summed E-state index contributed by atoms with van der Waals surface area (Å²) in [5, 5.41) is 18.2. The van der Waals surface area contributed by atoms with Gasteiger partial charge in [0.05, 0.1) is 11.3 Å². The number of aromatic hydroxyl groups is 1. The number of hydrogen-bond donors (Lipinski definition) is 1. The number of thioether (sulfide) groups is 1. The van der Waals surface area contributed by atoms with Crippen LogP contribution in [-0.2, 0) is 12.3 Å². The van der Waals surface area contributed by atoms with Gasteiger partial charge < -0.3 is 14.1 Å². The number of aromatic nitrogens is 3. The van der Waals surface area contributed by atoms with Gasteiger partial charge in [0.25, 0.3) is 0 Å². The van der Waals surface area contributed by atoms with E-state index in [-0.39, 0.29) is 5.82 Å². The Hall–Kier alpha value is -2.61. The third kappa shape index (κ3) is 3.96. The topological polar surface area (TPSA) is 81.2 Å². The molecule has 136 valence electrons. The molecular formula is C18H18FN3O3S. The van der Waals surface area contributed by atoms with Crippen LogP contribution in [0.3, 0.4) is 0 Å². The minimum absolute atomic E-state index is 0.308. The van der Waals surface area contributed by atoms with E-state index in [1.54, 1.807) is 18.2 Å². The van der Waals surface area contributed by atoms with Gasteiger partial charge in [0, 0.05) is 12.6 Å². The van der Waals surface area contributed by atoms with E-state index in [2.05, 4.69) is 24.0 Å². The maximum Gasteiger partial charge on any atom is 0.226 e. The van der Waals surface area contributed by atoms with Crippen molar-refractivity contribution in [3.05, 3.63) is 58.4 Å². The molecule has 1 N–H and O–H groups in total. The maximum atomic E-state index is 14.2. The lowest BCUT2D eigenvalue weighted by atomic mass is 10.2. The Kier molecular flexibility index (Phi) is 5.41. The molecular weight excluding hydrogens is 357 g/mol. The fourth-order valence-corrected chi connectivity index (χ4v) is 3.26. The van der Waals surface area contributed by atoms with Crippen molar-refractivity contribution in [2.75, 3.05) is 0 Å². The summed E-state index contributed by atoms with van der Waals surface area (Å²) in [6.07, 6.45) is 1.02. The molecule has 0 bridgehead atoms. The largest absolute Gasteiger partial charge is 0.502 e. The van der Waals surface area contributed by atoms with Crippen LogP contribution >= 0.6 is 11.8 Å². The normalized spacial score (nSPS) is 11.2. The van der Waals surface area contributed by atoms with Crippen LogP contribution in [0.5, 0.6) is 5.75 Å². The van der Waals surface area contributed by atoms with E-state index in [1.807, 2.05) is 4.57 Å². The third-order valence-corrected chi connectivity index (χ3v) is 4.58. The molecule has 3 aromatic rings. The quantitative estimate of drug-likeness (QED) is 0.662. The Morgan fingerprint density at radius 2 is 2.08 bits per heavy atom. The summed E-state index contributed by atoms with van der Waals surface area (Å²) in [5.41, 5.74) is -0.105. The summed E-state index contributed by atoms with van der Waals surface area (Å²) >= 11 is 1.33. The van der Waals surface area contributed by atoms with E-state index in [1.165, 1.54) is 23.9 Å². The minimum atomic E-state index is -0.498. The van der Waals surface area contributed by atoms with Crippen LogP contribution in [-0.4, -0.2) is 19.9 Å². The van der Waals surface area contributed by atoms with Crippen LogP contribution < -0.4 is 5.43 Å². The van der Waals surface area contributed by atoms with Crippen molar-refractivity contribution in [3.63, 3.8) is 0 Å².